The Morgan fingerprint density at radius 1 is 0.944 bits per heavy atom. The summed E-state index contributed by atoms with van der Waals surface area (Å²) in [5.41, 5.74) is 2.45. The molecule has 3 N–H and O–H groups in total. The van der Waals surface area contributed by atoms with Crippen molar-refractivity contribution in [1.29, 1.82) is 0 Å². The third-order valence-corrected chi connectivity index (χ3v) is 2.67. The highest BCUT2D eigenvalue weighted by Crippen LogP contribution is 2.26. The van der Waals surface area contributed by atoms with Crippen LogP contribution in [-0.2, 0) is 4.79 Å². The van der Waals surface area contributed by atoms with Crippen molar-refractivity contribution in [2.75, 3.05) is 5.32 Å². The minimum Gasteiger partial charge on any atom is -0.423 e. The summed E-state index contributed by atoms with van der Waals surface area (Å²) >= 11 is 0. The van der Waals surface area contributed by atoms with E-state index in [-0.39, 0.29) is 0 Å². The second-order valence-electron chi connectivity index (χ2n) is 3.77. The SMILES string of the molecule is O=CNc1ccccc1-c1ccccc1B(O)O. The highest BCUT2D eigenvalue weighted by atomic mass is 16.4. The molecule has 0 saturated carbocycles. The lowest BCUT2D eigenvalue weighted by molar-refractivity contribution is -0.105. The van der Waals surface area contributed by atoms with Crippen LogP contribution in [0.15, 0.2) is 48.5 Å². The predicted molar refractivity (Wildman–Crippen MR) is 71.4 cm³/mol. The van der Waals surface area contributed by atoms with Crippen molar-refractivity contribution in [3.8, 4) is 11.1 Å². The lowest BCUT2D eigenvalue weighted by atomic mass is 9.75. The molecule has 4 nitrogen and oxygen atoms in total. The maximum atomic E-state index is 10.6. The van der Waals surface area contributed by atoms with Gasteiger partial charge in [-0.2, -0.15) is 0 Å². The minimum atomic E-state index is -1.55. The molecule has 0 radical (unpaired) electrons. The fraction of sp³-hybridized carbons (Fsp3) is 0. The molecule has 0 fully saturated rings. The first kappa shape index (κ1) is 12.4. The van der Waals surface area contributed by atoms with Crippen LogP contribution in [0.3, 0.4) is 0 Å². The van der Waals surface area contributed by atoms with Crippen molar-refractivity contribution in [3.63, 3.8) is 0 Å². The van der Waals surface area contributed by atoms with E-state index < -0.39 is 7.12 Å². The predicted octanol–water partition coefficient (Wildman–Crippen LogP) is 0.602. The van der Waals surface area contributed by atoms with Gasteiger partial charge in [0.05, 0.1) is 0 Å². The maximum absolute atomic E-state index is 10.6. The molecular formula is C13H12BNO3. The number of rotatable bonds is 4. The highest BCUT2D eigenvalue weighted by Gasteiger charge is 2.17. The molecule has 2 aromatic rings. The van der Waals surface area contributed by atoms with E-state index in [0.29, 0.717) is 23.1 Å². The van der Waals surface area contributed by atoms with Crippen LogP contribution in [-0.4, -0.2) is 23.6 Å². The third kappa shape index (κ3) is 2.42. The van der Waals surface area contributed by atoms with Gasteiger partial charge in [-0.3, -0.25) is 4.79 Å². The van der Waals surface area contributed by atoms with Crippen molar-refractivity contribution in [3.05, 3.63) is 48.5 Å². The van der Waals surface area contributed by atoms with Gasteiger partial charge in [0.2, 0.25) is 6.41 Å². The van der Waals surface area contributed by atoms with Crippen LogP contribution in [0.5, 0.6) is 0 Å². The number of amides is 1. The summed E-state index contributed by atoms with van der Waals surface area (Å²) in [5.74, 6) is 0. The van der Waals surface area contributed by atoms with Gasteiger partial charge in [-0.25, -0.2) is 0 Å². The van der Waals surface area contributed by atoms with Gasteiger partial charge in [0.15, 0.2) is 0 Å². The molecule has 0 bridgehead atoms. The van der Waals surface area contributed by atoms with E-state index in [1.807, 2.05) is 12.1 Å². The summed E-state index contributed by atoms with van der Waals surface area (Å²) in [5, 5.41) is 21.3. The average Bonchev–Trinajstić information content (AvgIpc) is 2.40. The topological polar surface area (TPSA) is 69.6 Å². The van der Waals surface area contributed by atoms with Crippen molar-refractivity contribution >= 4 is 24.7 Å². The molecule has 0 aliphatic carbocycles. The van der Waals surface area contributed by atoms with Crippen LogP contribution in [0, 0.1) is 0 Å². The van der Waals surface area contributed by atoms with E-state index >= 15 is 0 Å². The zero-order valence-electron chi connectivity index (χ0n) is 9.58. The molecular weight excluding hydrogens is 229 g/mol. The van der Waals surface area contributed by atoms with Crippen molar-refractivity contribution < 1.29 is 14.8 Å². The molecule has 2 rings (SSSR count). The Kier molecular flexibility index (Phi) is 3.77. The molecule has 1 amide bonds. The molecule has 0 aromatic heterocycles. The Bertz CT molecular complexity index is 557. The summed E-state index contributed by atoms with van der Waals surface area (Å²) in [4.78, 5) is 10.6. The van der Waals surface area contributed by atoms with Crippen LogP contribution in [0.4, 0.5) is 5.69 Å². The van der Waals surface area contributed by atoms with Gasteiger partial charge in [-0.15, -0.1) is 0 Å². The quantitative estimate of drug-likeness (QED) is 0.542. The Morgan fingerprint density at radius 2 is 1.56 bits per heavy atom. The summed E-state index contributed by atoms with van der Waals surface area (Å²) in [7, 11) is -1.55. The number of anilines is 1. The largest absolute Gasteiger partial charge is 0.489 e. The summed E-state index contributed by atoms with van der Waals surface area (Å²) in [6.07, 6.45) is 0.594. The van der Waals surface area contributed by atoms with Crippen LogP contribution < -0.4 is 10.8 Å². The van der Waals surface area contributed by atoms with Crippen LogP contribution >= 0.6 is 0 Å². The van der Waals surface area contributed by atoms with Crippen LogP contribution in [0.25, 0.3) is 11.1 Å². The monoisotopic (exact) mass is 241 g/mol. The van der Waals surface area contributed by atoms with Gasteiger partial charge >= 0.3 is 7.12 Å². The molecule has 90 valence electrons. The first-order valence-electron chi connectivity index (χ1n) is 5.48. The smallest absolute Gasteiger partial charge is 0.423 e. The summed E-state index contributed by atoms with van der Waals surface area (Å²) < 4.78 is 0. The minimum absolute atomic E-state index is 0.401. The lowest BCUT2D eigenvalue weighted by Gasteiger charge is -2.12. The Labute approximate surface area is 105 Å². The maximum Gasteiger partial charge on any atom is 0.489 e. The number of hydrogen-bond acceptors (Lipinski definition) is 3. The van der Waals surface area contributed by atoms with E-state index in [0.717, 1.165) is 5.56 Å². The molecule has 0 aliphatic heterocycles. The van der Waals surface area contributed by atoms with Crippen LogP contribution in [0.1, 0.15) is 0 Å². The van der Waals surface area contributed by atoms with E-state index in [4.69, 9.17) is 0 Å². The second-order valence-corrected chi connectivity index (χ2v) is 3.77. The van der Waals surface area contributed by atoms with Gasteiger partial charge in [-0.1, -0.05) is 42.5 Å². The van der Waals surface area contributed by atoms with Crippen molar-refractivity contribution in [2.45, 2.75) is 0 Å². The van der Waals surface area contributed by atoms with Crippen LogP contribution in [0.2, 0.25) is 0 Å². The van der Waals surface area contributed by atoms with Gasteiger partial charge < -0.3 is 15.4 Å². The van der Waals surface area contributed by atoms with Crippen molar-refractivity contribution in [1.82, 2.24) is 0 Å². The van der Waals surface area contributed by atoms with E-state index in [1.165, 1.54) is 0 Å². The third-order valence-electron chi connectivity index (χ3n) is 2.67. The van der Waals surface area contributed by atoms with Gasteiger partial charge in [0.1, 0.15) is 0 Å². The van der Waals surface area contributed by atoms with Gasteiger partial charge in [0.25, 0.3) is 0 Å². The number of benzene rings is 2. The molecule has 0 saturated heterocycles. The molecule has 2 aromatic carbocycles. The first-order chi connectivity index (χ1) is 8.74. The summed E-state index contributed by atoms with van der Waals surface area (Å²) in [6.45, 7) is 0. The molecule has 5 heteroatoms. The lowest BCUT2D eigenvalue weighted by Crippen LogP contribution is -2.31. The Balaban J connectivity index is 2.58. The first-order valence-corrected chi connectivity index (χ1v) is 5.48. The number of carbonyl (C=O) groups excluding carboxylic acids is 1. The molecule has 0 aliphatic rings. The Morgan fingerprint density at radius 3 is 2.22 bits per heavy atom. The molecule has 0 unspecified atom stereocenters. The average molecular weight is 241 g/mol. The number of carbonyl (C=O) groups is 1. The summed E-state index contributed by atoms with van der Waals surface area (Å²) in [6, 6.07) is 14.1. The number of nitrogens with one attached hydrogen (secondary N) is 1. The van der Waals surface area contributed by atoms with E-state index in [9.17, 15) is 14.8 Å². The zero-order valence-corrected chi connectivity index (χ0v) is 9.58. The Hall–Kier alpha value is -2.11. The molecule has 0 spiro atoms. The normalized spacial score (nSPS) is 9.89. The van der Waals surface area contributed by atoms with Gasteiger partial charge in [-0.05, 0) is 17.1 Å². The van der Waals surface area contributed by atoms with E-state index in [2.05, 4.69) is 5.32 Å². The zero-order chi connectivity index (χ0) is 13.0. The number of hydrogen-bond donors (Lipinski definition) is 3. The van der Waals surface area contributed by atoms with Gasteiger partial charge in [0, 0.05) is 11.3 Å². The standard InChI is InChI=1S/C13H12BNO3/c16-9-15-13-8-4-2-6-11(13)10-5-1-3-7-12(10)14(17)18/h1-9,17-18H,(H,15,16). The highest BCUT2D eigenvalue weighted by molar-refractivity contribution is 6.60. The van der Waals surface area contributed by atoms with E-state index in [1.54, 1.807) is 36.4 Å². The molecule has 0 atom stereocenters. The molecule has 18 heavy (non-hydrogen) atoms. The number of para-hydroxylation sites is 1. The fourth-order valence-corrected chi connectivity index (χ4v) is 1.87. The van der Waals surface area contributed by atoms with Crippen molar-refractivity contribution in [2.24, 2.45) is 0 Å². The second kappa shape index (κ2) is 5.49. The fourth-order valence-electron chi connectivity index (χ4n) is 1.87. The molecule has 0 heterocycles.